The Hall–Kier alpha value is -2.74. The van der Waals surface area contributed by atoms with Crippen molar-refractivity contribution in [2.75, 3.05) is 20.8 Å². The predicted molar refractivity (Wildman–Crippen MR) is 127 cm³/mol. The number of benzene rings is 2. The molecule has 0 aliphatic rings. The minimum absolute atomic E-state index is 0.0328. The second-order valence-corrected chi connectivity index (χ2v) is 8.93. The number of carbonyl (C=O) groups excluding carboxylic acids is 2. The Morgan fingerprint density at radius 1 is 0.879 bits per heavy atom. The Morgan fingerprint density at radius 3 is 1.82 bits per heavy atom. The SMILES string of the molecule is COC(CN(C(=O)[C@@H](N)Cc1ccccc1)[C@@H](Cc1ccccc1)C(=O)OC(C)(C)C)OC. The van der Waals surface area contributed by atoms with E-state index in [9.17, 15) is 9.59 Å². The number of nitrogens with two attached hydrogens (primary N) is 1. The summed E-state index contributed by atoms with van der Waals surface area (Å²) < 4.78 is 16.4. The highest BCUT2D eigenvalue weighted by molar-refractivity contribution is 5.88. The molecule has 0 heterocycles. The van der Waals surface area contributed by atoms with Crippen molar-refractivity contribution in [3.8, 4) is 0 Å². The summed E-state index contributed by atoms with van der Waals surface area (Å²) in [5.74, 6) is -0.873. The molecule has 1 amide bonds. The van der Waals surface area contributed by atoms with Crippen molar-refractivity contribution in [2.45, 2.75) is 57.6 Å². The Labute approximate surface area is 196 Å². The summed E-state index contributed by atoms with van der Waals surface area (Å²) in [7, 11) is 2.97. The van der Waals surface area contributed by atoms with E-state index in [2.05, 4.69) is 0 Å². The van der Waals surface area contributed by atoms with Crippen LogP contribution in [0.3, 0.4) is 0 Å². The molecule has 33 heavy (non-hydrogen) atoms. The molecule has 180 valence electrons. The van der Waals surface area contributed by atoms with Crippen LogP contribution in [0.5, 0.6) is 0 Å². The minimum atomic E-state index is -0.895. The van der Waals surface area contributed by atoms with E-state index in [0.717, 1.165) is 11.1 Å². The van der Waals surface area contributed by atoms with Gasteiger partial charge < -0.3 is 24.8 Å². The van der Waals surface area contributed by atoms with Crippen LogP contribution in [-0.2, 0) is 36.6 Å². The van der Waals surface area contributed by atoms with Crippen LogP contribution in [0.2, 0.25) is 0 Å². The lowest BCUT2D eigenvalue weighted by Crippen LogP contribution is -2.56. The first-order valence-electron chi connectivity index (χ1n) is 11.1. The Kier molecular flexibility index (Phi) is 10.0. The summed E-state index contributed by atoms with van der Waals surface area (Å²) in [4.78, 5) is 28.3. The maximum Gasteiger partial charge on any atom is 0.329 e. The Morgan fingerprint density at radius 2 is 1.36 bits per heavy atom. The molecular formula is C26H36N2O5. The first-order chi connectivity index (χ1) is 15.6. The number of amides is 1. The van der Waals surface area contributed by atoms with Gasteiger partial charge in [-0.3, -0.25) is 4.79 Å². The number of esters is 1. The average molecular weight is 457 g/mol. The monoisotopic (exact) mass is 456 g/mol. The summed E-state index contributed by atoms with van der Waals surface area (Å²) in [5.41, 5.74) is 7.46. The molecule has 0 saturated carbocycles. The van der Waals surface area contributed by atoms with Crippen molar-refractivity contribution in [3.05, 3.63) is 71.8 Å². The van der Waals surface area contributed by atoms with Gasteiger partial charge in [0.25, 0.3) is 0 Å². The molecule has 2 aromatic carbocycles. The molecule has 0 aromatic heterocycles. The molecule has 7 nitrogen and oxygen atoms in total. The molecule has 0 radical (unpaired) electrons. The van der Waals surface area contributed by atoms with Crippen LogP contribution in [0.15, 0.2) is 60.7 Å². The van der Waals surface area contributed by atoms with E-state index >= 15 is 0 Å². The van der Waals surface area contributed by atoms with E-state index in [4.69, 9.17) is 19.9 Å². The topological polar surface area (TPSA) is 91.1 Å². The van der Waals surface area contributed by atoms with Gasteiger partial charge in [0.15, 0.2) is 6.29 Å². The molecule has 2 rings (SSSR count). The quantitative estimate of drug-likeness (QED) is 0.413. The van der Waals surface area contributed by atoms with Crippen molar-refractivity contribution in [2.24, 2.45) is 5.73 Å². The van der Waals surface area contributed by atoms with Crippen LogP contribution < -0.4 is 5.73 Å². The van der Waals surface area contributed by atoms with Gasteiger partial charge in [-0.15, -0.1) is 0 Å². The third kappa shape index (κ3) is 8.61. The minimum Gasteiger partial charge on any atom is -0.458 e. The number of nitrogens with zero attached hydrogens (tertiary/aromatic N) is 1. The molecule has 2 aromatic rings. The maximum atomic E-state index is 13.6. The summed E-state index contributed by atoms with van der Waals surface area (Å²) in [6.07, 6.45) is -0.106. The van der Waals surface area contributed by atoms with Crippen molar-refractivity contribution in [1.82, 2.24) is 4.90 Å². The van der Waals surface area contributed by atoms with Crippen LogP contribution >= 0.6 is 0 Å². The summed E-state index contributed by atoms with van der Waals surface area (Å²) in [6, 6.07) is 17.3. The number of hydrogen-bond acceptors (Lipinski definition) is 6. The van der Waals surface area contributed by atoms with Crippen molar-refractivity contribution in [3.63, 3.8) is 0 Å². The van der Waals surface area contributed by atoms with Crippen LogP contribution in [0, 0.1) is 0 Å². The van der Waals surface area contributed by atoms with Gasteiger partial charge in [0.05, 0.1) is 12.6 Å². The third-order valence-corrected chi connectivity index (χ3v) is 5.10. The molecule has 2 N–H and O–H groups in total. The highest BCUT2D eigenvalue weighted by atomic mass is 16.7. The zero-order valence-electron chi connectivity index (χ0n) is 20.2. The molecular weight excluding hydrogens is 420 g/mol. The number of methoxy groups -OCH3 is 2. The Balaban J connectivity index is 2.39. The van der Waals surface area contributed by atoms with E-state index in [1.165, 1.54) is 19.1 Å². The molecule has 0 fully saturated rings. The fraction of sp³-hybridized carbons (Fsp3) is 0.462. The van der Waals surface area contributed by atoms with Crippen molar-refractivity contribution in [1.29, 1.82) is 0 Å². The van der Waals surface area contributed by atoms with Gasteiger partial charge in [-0.2, -0.15) is 0 Å². The lowest BCUT2D eigenvalue weighted by Gasteiger charge is -2.35. The summed E-state index contributed by atoms with van der Waals surface area (Å²) in [6.45, 7) is 5.42. The number of rotatable bonds is 11. The van der Waals surface area contributed by atoms with Crippen LogP contribution in [0.1, 0.15) is 31.9 Å². The molecule has 0 bridgehead atoms. The largest absolute Gasteiger partial charge is 0.458 e. The zero-order chi connectivity index (χ0) is 24.4. The normalized spacial score (nSPS) is 13.4. The van der Waals surface area contributed by atoms with Crippen LogP contribution in [-0.4, -0.2) is 61.5 Å². The van der Waals surface area contributed by atoms with Gasteiger partial charge in [-0.05, 0) is 38.3 Å². The first-order valence-corrected chi connectivity index (χ1v) is 11.1. The van der Waals surface area contributed by atoms with E-state index in [-0.39, 0.29) is 18.9 Å². The molecule has 0 spiro atoms. The average Bonchev–Trinajstić information content (AvgIpc) is 2.78. The molecule has 0 saturated heterocycles. The molecule has 7 heteroatoms. The first kappa shape index (κ1) is 26.5. The fourth-order valence-corrected chi connectivity index (χ4v) is 3.47. The smallest absolute Gasteiger partial charge is 0.329 e. The molecule has 0 aliphatic heterocycles. The highest BCUT2D eigenvalue weighted by Gasteiger charge is 2.37. The summed E-state index contributed by atoms with van der Waals surface area (Å²) >= 11 is 0. The highest BCUT2D eigenvalue weighted by Crippen LogP contribution is 2.18. The number of carbonyl (C=O) groups is 2. The van der Waals surface area contributed by atoms with Gasteiger partial charge in [0, 0.05) is 20.6 Å². The lowest BCUT2D eigenvalue weighted by molar-refractivity contribution is -0.171. The second kappa shape index (κ2) is 12.5. The van der Waals surface area contributed by atoms with E-state index in [0.29, 0.717) is 6.42 Å². The number of ether oxygens (including phenoxy) is 3. The molecule has 2 atom stereocenters. The number of hydrogen-bond donors (Lipinski definition) is 1. The van der Waals surface area contributed by atoms with Gasteiger partial charge in [0.1, 0.15) is 11.6 Å². The van der Waals surface area contributed by atoms with Gasteiger partial charge in [-0.25, -0.2) is 4.79 Å². The van der Waals surface area contributed by atoms with Crippen LogP contribution in [0.4, 0.5) is 0 Å². The predicted octanol–water partition coefficient (Wildman–Crippen LogP) is 2.96. The van der Waals surface area contributed by atoms with E-state index in [1.54, 1.807) is 20.8 Å². The standard InChI is InChI=1S/C26H36N2O5/c1-26(2,3)33-25(30)22(17-20-14-10-7-11-15-20)28(18-23(31-4)32-5)24(29)21(27)16-19-12-8-6-9-13-19/h6-15,21-23H,16-18,27H2,1-5H3/t21-,22-/m0/s1. The van der Waals surface area contributed by atoms with Gasteiger partial charge >= 0.3 is 5.97 Å². The summed E-state index contributed by atoms with van der Waals surface area (Å²) in [5, 5.41) is 0. The van der Waals surface area contributed by atoms with Crippen molar-refractivity contribution >= 4 is 11.9 Å². The van der Waals surface area contributed by atoms with Crippen LogP contribution in [0.25, 0.3) is 0 Å². The van der Waals surface area contributed by atoms with Gasteiger partial charge in [-0.1, -0.05) is 60.7 Å². The Bertz CT molecular complexity index is 863. The molecule has 0 aliphatic carbocycles. The fourth-order valence-electron chi connectivity index (χ4n) is 3.47. The third-order valence-electron chi connectivity index (χ3n) is 5.10. The molecule has 0 unspecified atom stereocenters. The van der Waals surface area contributed by atoms with Crippen molar-refractivity contribution < 1.29 is 23.8 Å². The van der Waals surface area contributed by atoms with E-state index in [1.807, 2.05) is 60.7 Å². The second-order valence-electron chi connectivity index (χ2n) is 8.93. The lowest BCUT2D eigenvalue weighted by atomic mass is 10.0. The maximum absolute atomic E-state index is 13.6. The van der Waals surface area contributed by atoms with Gasteiger partial charge in [0.2, 0.25) is 5.91 Å². The zero-order valence-corrected chi connectivity index (χ0v) is 20.2. The van der Waals surface area contributed by atoms with E-state index < -0.39 is 29.9 Å².